The highest BCUT2D eigenvalue weighted by molar-refractivity contribution is 7.19. The number of Topliss-reactive ketones (excluding diaryl/α,β-unsaturated/α-hetero) is 1. The van der Waals surface area contributed by atoms with Gasteiger partial charge in [0.2, 0.25) is 0 Å². The van der Waals surface area contributed by atoms with Crippen LogP contribution in [-0.2, 0) is 9.53 Å². The van der Waals surface area contributed by atoms with Gasteiger partial charge in [-0.25, -0.2) is 0 Å². The SMILES string of the molecule is Cc1cc(C)c(C2=C(O)[C@@H]3[C@@H]4O[C@@H](C[C@H]4c4cc5ccccc5s4)[C@@H]3C2=O)c(C)c1. The maximum absolute atomic E-state index is 13.5. The number of aliphatic hydroxyl groups excluding tert-OH is 1. The molecule has 0 saturated carbocycles. The Kier molecular flexibility index (Phi) is 3.84. The number of aliphatic hydroxyl groups is 1. The monoisotopic (exact) mass is 416 g/mol. The van der Waals surface area contributed by atoms with Crippen LogP contribution < -0.4 is 0 Å². The predicted molar refractivity (Wildman–Crippen MR) is 120 cm³/mol. The molecule has 2 aromatic carbocycles. The van der Waals surface area contributed by atoms with Gasteiger partial charge in [0.05, 0.1) is 29.6 Å². The molecule has 1 aliphatic carbocycles. The van der Waals surface area contributed by atoms with Gasteiger partial charge in [-0.05, 0) is 61.4 Å². The third kappa shape index (κ3) is 2.38. The van der Waals surface area contributed by atoms with Crippen LogP contribution in [-0.4, -0.2) is 23.1 Å². The van der Waals surface area contributed by atoms with E-state index >= 15 is 0 Å². The normalized spacial score (nSPS) is 30.0. The summed E-state index contributed by atoms with van der Waals surface area (Å²) in [6.07, 6.45) is 0.630. The Morgan fingerprint density at radius 2 is 1.77 bits per heavy atom. The molecule has 3 aliphatic rings. The Morgan fingerprint density at radius 3 is 2.50 bits per heavy atom. The van der Waals surface area contributed by atoms with Crippen molar-refractivity contribution in [3.63, 3.8) is 0 Å². The van der Waals surface area contributed by atoms with Crippen molar-refractivity contribution in [2.75, 3.05) is 0 Å². The third-order valence-corrected chi connectivity index (χ3v) is 8.46. The number of carbonyl (C=O) groups is 1. The average Bonchev–Trinajstić information content (AvgIpc) is 3.44. The average molecular weight is 417 g/mol. The van der Waals surface area contributed by atoms with Crippen molar-refractivity contribution in [1.82, 2.24) is 0 Å². The first-order chi connectivity index (χ1) is 14.4. The molecule has 30 heavy (non-hydrogen) atoms. The molecule has 2 bridgehead atoms. The first-order valence-corrected chi connectivity index (χ1v) is 11.4. The van der Waals surface area contributed by atoms with E-state index in [1.54, 1.807) is 0 Å². The second-order valence-corrected chi connectivity index (χ2v) is 10.2. The number of benzene rings is 2. The van der Waals surface area contributed by atoms with Crippen molar-refractivity contribution in [3.8, 4) is 0 Å². The first-order valence-electron chi connectivity index (χ1n) is 10.6. The molecule has 0 amide bonds. The van der Waals surface area contributed by atoms with E-state index in [0.717, 1.165) is 23.1 Å². The summed E-state index contributed by atoms with van der Waals surface area (Å²) in [6, 6.07) is 14.9. The third-order valence-electron chi connectivity index (χ3n) is 7.21. The van der Waals surface area contributed by atoms with Crippen LogP contribution in [0.2, 0.25) is 0 Å². The number of carbonyl (C=O) groups excluding carboxylic acids is 1. The van der Waals surface area contributed by atoms with Crippen molar-refractivity contribution in [1.29, 1.82) is 0 Å². The van der Waals surface area contributed by atoms with Crippen LogP contribution in [0.15, 0.2) is 48.2 Å². The molecule has 3 aromatic rings. The fourth-order valence-electron chi connectivity index (χ4n) is 6.14. The van der Waals surface area contributed by atoms with E-state index < -0.39 is 0 Å². The Morgan fingerprint density at radius 1 is 1.03 bits per heavy atom. The molecular formula is C26H24O3S. The molecule has 5 atom stereocenters. The van der Waals surface area contributed by atoms with Gasteiger partial charge < -0.3 is 9.84 Å². The summed E-state index contributed by atoms with van der Waals surface area (Å²) >= 11 is 1.81. The van der Waals surface area contributed by atoms with Gasteiger partial charge in [-0.2, -0.15) is 0 Å². The van der Waals surface area contributed by atoms with Crippen LogP contribution in [0.3, 0.4) is 0 Å². The maximum Gasteiger partial charge on any atom is 0.173 e. The molecule has 3 heterocycles. The van der Waals surface area contributed by atoms with Crippen molar-refractivity contribution >= 4 is 32.8 Å². The van der Waals surface area contributed by atoms with Crippen LogP contribution in [0, 0.1) is 32.6 Å². The molecular weight excluding hydrogens is 392 g/mol. The van der Waals surface area contributed by atoms with Crippen LogP contribution in [0.1, 0.15) is 39.5 Å². The molecule has 6 rings (SSSR count). The Balaban J connectivity index is 1.42. The standard InChI is InChI=1S/C26H24O3S/c1-12-8-13(2)20(14(3)9-12)22-24(27)21-17-11-16(26(29-17)23(21)25(22)28)19-10-15-6-4-5-7-18(15)30-19/h4-10,16-17,21,23,26,28H,11H2,1-3H3/t16-,17-,21-,23+,26+/m0/s1. The van der Waals surface area contributed by atoms with Crippen LogP contribution in [0.5, 0.6) is 0 Å². The quantitative estimate of drug-likeness (QED) is 0.569. The number of thiophene rings is 1. The number of rotatable bonds is 2. The van der Waals surface area contributed by atoms with Crippen molar-refractivity contribution in [2.24, 2.45) is 11.8 Å². The van der Waals surface area contributed by atoms with E-state index in [4.69, 9.17) is 4.74 Å². The predicted octanol–water partition coefficient (Wildman–Crippen LogP) is 5.87. The molecule has 0 unspecified atom stereocenters. The molecule has 2 aliphatic heterocycles. The summed E-state index contributed by atoms with van der Waals surface area (Å²) in [7, 11) is 0. The van der Waals surface area contributed by atoms with Gasteiger partial charge in [-0.3, -0.25) is 4.79 Å². The summed E-state index contributed by atoms with van der Waals surface area (Å²) in [4.78, 5) is 14.8. The zero-order valence-corrected chi connectivity index (χ0v) is 18.1. The van der Waals surface area contributed by atoms with Gasteiger partial charge in [-0.1, -0.05) is 35.9 Å². The van der Waals surface area contributed by atoms with Crippen LogP contribution >= 0.6 is 11.3 Å². The minimum atomic E-state index is -0.240. The number of hydrogen-bond donors (Lipinski definition) is 1. The van der Waals surface area contributed by atoms with Crippen LogP contribution in [0.25, 0.3) is 15.7 Å². The van der Waals surface area contributed by atoms with Gasteiger partial charge in [0, 0.05) is 15.5 Å². The van der Waals surface area contributed by atoms with Gasteiger partial charge in [0.15, 0.2) is 5.78 Å². The topological polar surface area (TPSA) is 46.5 Å². The summed E-state index contributed by atoms with van der Waals surface area (Å²) in [5.74, 6) is 0.0914. The number of allylic oxidation sites excluding steroid dienone is 1. The molecule has 1 aromatic heterocycles. The molecule has 152 valence electrons. The van der Waals surface area contributed by atoms with Crippen molar-refractivity contribution < 1.29 is 14.6 Å². The number of fused-ring (bicyclic) bond motifs is 6. The van der Waals surface area contributed by atoms with Gasteiger partial charge in [0.25, 0.3) is 0 Å². The lowest BCUT2D eigenvalue weighted by Gasteiger charge is -2.26. The number of ether oxygens (including phenoxy) is 1. The van der Waals surface area contributed by atoms with E-state index in [1.165, 1.54) is 20.5 Å². The lowest BCUT2D eigenvalue weighted by atomic mass is 9.74. The molecule has 3 nitrogen and oxygen atoms in total. The van der Waals surface area contributed by atoms with E-state index in [1.807, 2.05) is 25.2 Å². The second kappa shape index (κ2) is 6.29. The Bertz CT molecular complexity index is 1190. The van der Waals surface area contributed by atoms with Gasteiger partial charge in [0.1, 0.15) is 5.76 Å². The van der Waals surface area contributed by atoms with E-state index in [2.05, 4.69) is 49.4 Å². The van der Waals surface area contributed by atoms with Gasteiger partial charge in [-0.15, -0.1) is 11.3 Å². The van der Waals surface area contributed by atoms with Crippen LogP contribution in [0.4, 0.5) is 0 Å². The number of ketones is 1. The molecule has 2 saturated heterocycles. The molecule has 4 heteroatoms. The summed E-state index contributed by atoms with van der Waals surface area (Å²) in [6.45, 7) is 6.12. The first kappa shape index (κ1) is 18.3. The lowest BCUT2D eigenvalue weighted by molar-refractivity contribution is -0.118. The smallest absolute Gasteiger partial charge is 0.173 e. The van der Waals surface area contributed by atoms with Crippen molar-refractivity contribution in [3.05, 3.63) is 75.4 Å². The van der Waals surface area contributed by atoms with E-state index in [-0.39, 0.29) is 41.5 Å². The molecule has 2 fully saturated rings. The molecule has 1 N–H and O–H groups in total. The zero-order valence-electron chi connectivity index (χ0n) is 17.3. The maximum atomic E-state index is 13.5. The summed E-state index contributed by atoms with van der Waals surface area (Å²) in [5.41, 5.74) is 4.73. The fraction of sp³-hybridized carbons (Fsp3) is 0.346. The minimum Gasteiger partial charge on any atom is -0.511 e. The Labute approximate surface area is 180 Å². The fourth-order valence-corrected chi connectivity index (χ4v) is 7.36. The zero-order chi connectivity index (χ0) is 20.7. The largest absolute Gasteiger partial charge is 0.511 e. The second-order valence-electron chi connectivity index (χ2n) is 9.12. The van der Waals surface area contributed by atoms with Crippen molar-refractivity contribution in [2.45, 2.75) is 45.3 Å². The number of aryl methyl sites for hydroxylation is 3. The minimum absolute atomic E-state index is 0.0647. The lowest BCUT2D eigenvalue weighted by Crippen LogP contribution is -2.33. The highest BCUT2D eigenvalue weighted by Crippen LogP contribution is 2.59. The summed E-state index contributed by atoms with van der Waals surface area (Å²) < 4.78 is 7.58. The highest BCUT2D eigenvalue weighted by Gasteiger charge is 2.62. The molecule has 0 radical (unpaired) electrons. The highest BCUT2D eigenvalue weighted by atomic mass is 32.1. The van der Waals surface area contributed by atoms with Gasteiger partial charge >= 0.3 is 0 Å². The molecule has 0 spiro atoms. The number of hydrogen-bond acceptors (Lipinski definition) is 4. The van der Waals surface area contributed by atoms with E-state index in [0.29, 0.717) is 5.57 Å². The Hall–Kier alpha value is -2.43. The van der Waals surface area contributed by atoms with E-state index in [9.17, 15) is 9.90 Å². The summed E-state index contributed by atoms with van der Waals surface area (Å²) in [5, 5.41) is 12.6.